The average molecular weight is 358 g/mol. The van der Waals surface area contributed by atoms with Gasteiger partial charge in [0.25, 0.3) is 0 Å². The molecule has 1 spiro atoms. The van der Waals surface area contributed by atoms with Crippen LogP contribution in [0.5, 0.6) is 0 Å². The molecule has 4 saturated carbocycles. The topological polar surface area (TPSA) is 49.8 Å². The quantitative estimate of drug-likeness (QED) is 0.673. The van der Waals surface area contributed by atoms with Gasteiger partial charge in [0.2, 0.25) is 0 Å². The van der Waals surface area contributed by atoms with Crippen LogP contribution in [-0.4, -0.2) is 34.4 Å². The fourth-order valence-electron chi connectivity index (χ4n) is 7.54. The Bertz CT molecular complexity index is 634. The second-order valence-corrected chi connectivity index (χ2v) is 9.39. The molecule has 6 heteroatoms. The van der Waals surface area contributed by atoms with Gasteiger partial charge in [0, 0.05) is 11.8 Å². The summed E-state index contributed by atoms with van der Waals surface area (Å²) >= 11 is 0. The zero-order valence-electron chi connectivity index (χ0n) is 14.4. The van der Waals surface area contributed by atoms with Crippen molar-refractivity contribution < 1.29 is 27.8 Å². The summed E-state index contributed by atoms with van der Waals surface area (Å²) in [6.45, 7) is 1.67. The molecule has 2 unspecified atom stereocenters. The number of carbonyl (C=O) groups excluding carboxylic acids is 1. The molecule has 0 aromatic carbocycles. The van der Waals surface area contributed by atoms with Gasteiger partial charge in [-0.15, -0.1) is 0 Å². The molecule has 0 radical (unpaired) electrons. The highest BCUT2D eigenvalue weighted by atomic mass is 19.4. The van der Waals surface area contributed by atoms with E-state index in [-0.39, 0.29) is 35.7 Å². The Hall–Kier alpha value is -0.620. The molecule has 1 N–H and O–H groups in total. The van der Waals surface area contributed by atoms with Crippen LogP contribution in [0.15, 0.2) is 0 Å². The third kappa shape index (κ3) is 1.78. The number of halogens is 3. The van der Waals surface area contributed by atoms with Crippen LogP contribution >= 0.6 is 0 Å². The normalized spacial score (nSPS) is 57.3. The monoisotopic (exact) mass is 358 g/mol. The minimum Gasteiger partial charge on any atom is -0.380 e. The molecule has 8 atom stereocenters. The van der Waals surface area contributed by atoms with Crippen LogP contribution < -0.4 is 0 Å². The highest BCUT2D eigenvalue weighted by Crippen LogP contribution is 2.70. The Balaban J connectivity index is 1.46. The molecule has 5 rings (SSSR count). The average Bonchev–Trinajstić information content (AvgIpc) is 3.20. The van der Waals surface area contributed by atoms with Gasteiger partial charge in [0.15, 0.2) is 11.4 Å². The van der Waals surface area contributed by atoms with Crippen molar-refractivity contribution in [2.45, 2.75) is 81.8 Å². The molecule has 0 bridgehead atoms. The zero-order chi connectivity index (χ0) is 17.8. The molecular weight excluding hydrogens is 333 g/mol. The Kier molecular flexibility index (Phi) is 3.05. The molecule has 0 amide bonds. The van der Waals surface area contributed by atoms with Crippen LogP contribution in [0.4, 0.5) is 13.2 Å². The Morgan fingerprint density at radius 1 is 1.04 bits per heavy atom. The Morgan fingerprint density at radius 2 is 1.72 bits per heavy atom. The molecule has 4 aliphatic carbocycles. The number of aliphatic hydroxyl groups is 1. The number of ether oxygens (including phenoxy) is 1. The van der Waals surface area contributed by atoms with Crippen LogP contribution in [0.3, 0.4) is 0 Å². The first-order valence-electron chi connectivity index (χ1n) is 9.64. The second-order valence-electron chi connectivity index (χ2n) is 9.39. The summed E-state index contributed by atoms with van der Waals surface area (Å²) in [6, 6.07) is 0. The summed E-state index contributed by atoms with van der Waals surface area (Å²) in [5.41, 5.74) is -3.92. The number of hydrogen-bond acceptors (Lipinski definition) is 3. The van der Waals surface area contributed by atoms with Crippen LogP contribution in [0.1, 0.15) is 58.3 Å². The summed E-state index contributed by atoms with van der Waals surface area (Å²) in [5, 5.41) is 10.6. The zero-order valence-corrected chi connectivity index (χ0v) is 14.4. The summed E-state index contributed by atoms with van der Waals surface area (Å²) in [7, 11) is 0. The fraction of sp³-hybridized carbons (Fsp3) is 0.947. The number of rotatable bonds is 0. The maximum atomic E-state index is 13.7. The minimum absolute atomic E-state index is 0.0787. The van der Waals surface area contributed by atoms with Crippen molar-refractivity contribution in [3.63, 3.8) is 0 Å². The summed E-state index contributed by atoms with van der Waals surface area (Å²) in [6.07, 6.45) is -0.390. The van der Waals surface area contributed by atoms with Gasteiger partial charge in [-0.3, -0.25) is 4.79 Å². The molecular formula is C19H25F3O3. The van der Waals surface area contributed by atoms with Crippen molar-refractivity contribution in [1.29, 1.82) is 0 Å². The molecule has 5 fully saturated rings. The van der Waals surface area contributed by atoms with Crippen molar-refractivity contribution in [1.82, 2.24) is 0 Å². The predicted octanol–water partition coefficient (Wildman–Crippen LogP) is 3.63. The van der Waals surface area contributed by atoms with Crippen LogP contribution in [0.2, 0.25) is 0 Å². The van der Waals surface area contributed by atoms with Crippen LogP contribution in [-0.2, 0) is 9.53 Å². The summed E-state index contributed by atoms with van der Waals surface area (Å²) in [5.74, 6) is 1.02. The van der Waals surface area contributed by atoms with Gasteiger partial charge in [-0.25, -0.2) is 0 Å². The van der Waals surface area contributed by atoms with Crippen LogP contribution in [0, 0.1) is 29.1 Å². The van der Waals surface area contributed by atoms with Gasteiger partial charge >= 0.3 is 6.18 Å². The maximum absolute atomic E-state index is 13.7. The summed E-state index contributed by atoms with van der Waals surface area (Å²) in [4.78, 5) is 12.0. The lowest BCUT2D eigenvalue weighted by Gasteiger charge is -2.56. The van der Waals surface area contributed by atoms with Gasteiger partial charge < -0.3 is 9.84 Å². The van der Waals surface area contributed by atoms with Gasteiger partial charge in [0.1, 0.15) is 11.7 Å². The van der Waals surface area contributed by atoms with E-state index in [0.29, 0.717) is 37.5 Å². The van der Waals surface area contributed by atoms with E-state index in [1.807, 2.05) is 0 Å². The van der Waals surface area contributed by atoms with Crippen molar-refractivity contribution >= 4 is 5.78 Å². The Morgan fingerprint density at radius 3 is 2.44 bits per heavy atom. The predicted molar refractivity (Wildman–Crippen MR) is 82.6 cm³/mol. The number of ketones is 1. The van der Waals surface area contributed by atoms with E-state index in [2.05, 4.69) is 0 Å². The molecule has 1 aliphatic heterocycles. The van der Waals surface area contributed by atoms with Crippen molar-refractivity contribution in [2.75, 3.05) is 0 Å². The molecule has 1 heterocycles. The highest BCUT2D eigenvalue weighted by molar-refractivity contribution is 5.88. The largest absolute Gasteiger partial charge is 0.417 e. The number of Topliss-reactive ketones (excluding diaryl/α,β-unsaturated/α-hetero) is 1. The third-order valence-corrected chi connectivity index (χ3v) is 8.84. The first-order chi connectivity index (χ1) is 11.6. The number of epoxide rings is 1. The van der Waals surface area contributed by atoms with Crippen LogP contribution in [0.25, 0.3) is 0 Å². The smallest absolute Gasteiger partial charge is 0.380 e. The fourth-order valence-corrected chi connectivity index (χ4v) is 7.54. The molecule has 5 aliphatic rings. The third-order valence-electron chi connectivity index (χ3n) is 8.84. The SMILES string of the molecule is C[C@]12CC[C@H]3[C@@H](CCC45OC4C(=O)CC[C@H]35)[C@@H]1CC[C@@]2(O)C(F)(F)F. The van der Waals surface area contributed by atoms with Crippen molar-refractivity contribution in [3.8, 4) is 0 Å². The number of fused-ring (bicyclic) bond motifs is 4. The second kappa shape index (κ2) is 4.61. The standard InChI is InChI=1S/C19H25F3O3/c1-16-7-4-11-10(12(16)6-9-18(16,24)19(20,21)22)5-8-17-13(11)2-3-14(23)15(17)25-17/h10-13,15,24H,2-9H2,1H3/t10-,11+,12+,13-,15?,16+,17?,18+/m1/s1. The van der Waals surface area contributed by atoms with Gasteiger partial charge in [-0.2, -0.15) is 13.2 Å². The van der Waals surface area contributed by atoms with Gasteiger partial charge in [0.05, 0.1) is 0 Å². The van der Waals surface area contributed by atoms with E-state index in [0.717, 1.165) is 19.3 Å². The molecule has 0 aromatic rings. The summed E-state index contributed by atoms with van der Waals surface area (Å²) < 4.78 is 46.9. The first-order valence-corrected chi connectivity index (χ1v) is 9.64. The first kappa shape index (κ1) is 16.5. The molecule has 25 heavy (non-hydrogen) atoms. The highest BCUT2D eigenvalue weighted by Gasteiger charge is 2.75. The lowest BCUT2D eigenvalue weighted by molar-refractivity contribution is -0.303. The van der Waals surface area contributed by atoms with Crippen molar-refractivity contribution in [3.05, 3.63) is 0 Å². The van der Waals surface area contributed by atoms with Gasteiger partial charge in [-0.05, 0) is 68.6 Å². The van der Waals surface area contributed by atoms with E-state index < -0.39 is 17.2 Å². The minimum atomic E-state index is -4.57. The molecule has 1 saturated heterocycles. The maximum Gasteiger partial charge on any atom is 0.417 e. The molecule has 3 nitrogen and oxygen atoms in total. The van der Waals surface area contributed by atoms with E-state index in [1.165, 1.54) is 0 Å². The molecule has 0 aromatic heterocycles. The lowest BCUT2D eigenvalue weighted by atomic mass is 9.49. The van der Waals surface area contributed by atoms with E-state index >= 15 is 0 Å². The van der Waals surface area contributed by atoms with E-state index in [9.17, 15) is 23.1 Å². The number of alkyl halides is 3. The van der Waals surface area contributed by atoms with E-state index in [1.54, 1.807) is 6.92 Å². The number of hydrogen-bond donors (Lipinski definition) is 1. The van der Waals surface area contributed by atoms with Gasteiger partial charge in [-0.1, -0.05) is 6.92 Å². The van der Waals surface area contributed by atoms with E-state index in [4.69, 9.17) is 4.74 Å². The lowest BCUT2D eigenvalue weighted by Crippen LogP contribution is -2.60. The molecule has 140 valence electrons. The van der Waals surface area contributed by atoms with Crippen molar-refractivity contribution in [2.24, 2.45) is 29.1 Å². The Labute approximate surface area is 145 Å². The number of carbonyl (C=O) groups is 1.